The first-order chi connectivity index (χ1) is 11.1. The van der Waals surface area contributed by atoms with E-state index in [1.165, 1.54) is 3.97 Å². The van der Waals surface area contributed by atoms with Gasteiger partial charge < -0.3 is 4.74 Å². The monoisotopic (exact) mass is 327 g/mol. The van der Waals surface area contributed by atoms with Crippen molar-refractivity contribution in [1.82, 2.24) is 3.97 Å². The van der Waals surface area contributed by atoms with Crippen LogP contribution in [0.5, 0.6) is 5.75 Å². The molecule has 0 atom stereocenters. The molecule has 0 unspecified atom stereocenters. The molecule has 4 nitrogen and oxygen atoms in total. The molecule has 0 fully saturated rings. The number of fused-ring (bicyclic) bond motifs is 3. The van der Waals surface area contributed by atoms with E-state index in [0.29, 0.717) is 17.0 Å². The minimum absolute atomic E-state index is 0.291. The summed E-state index contributed by atoms with van der Waals surface area (Å²) >= 11 is 0. The van der Waals surface area contributed by atoms with E-state index in [1.54, 1.807) is 18.3 Å². The molecule has 0 bridgehead atoms. The predicted molar refractivity (Wildman–Crippen MR) is 89.5 cm³/mol. The molecule has 5 heteroatoms. The third-order valence-corrected chi connectivity index (χ3v) is 5.99. The van der Waals surface area contributed by atoms with Gasteiger partial charge in [0.1, 0.15) is 5.75 Å². The third-order valence-electron chi connectivity index (χ3n) is 4.28. The number of aromatic nitrogens is 1. The molecule has 1 aliphatic heterocycles. The Bertz CT molecular complexity index is 985. The lowest BCUT2D eigenvalue weighted by molar-refractivity contribution is 0.292. The number of rotatable bonds is 2. The number of aryl methyl sites for hydroxylation is 2. The van der Waals surface area contributed by atoms with Crippen LogP contribution in [0.15, 0.2) is 53.6 Å². The van der Waals surface area contributed by atoms with Crippen LogP contribution in [0.3, 0.4) is 0 Å². The smallest absolute Gasteiger partial charge is 0.268 e. The third kappa shape index (κ3) is 2.23. The van der Waals surface area contributed by atoms with Crippen LogP contribution in [0, 0.1) is 6.92 Å². The van der Waals surface area contributed by atoms with Crippen molar-refractivity contribution in [3.05, 3.63) is 59.8 Å². The van der Waals surface area contributed by atoms with Crippen molar-refractivity contribution >= 4 is 20.9 Å². The summed E-state index contributed by atoms with van der Waals surface area (Å²) in [5.74, 6) is 0.826. The van der Waals surface area contributed by atoms with Gasteiger partial charge in [0.2, 0.25) is 0 Å². The summed E-state index contributed by atoms with van der Waals surface area (Å²) < 4.78 is 32.9. The summed E-state index contributed by atoms with van der Waals surface area (Å²) in [4.78, 5) is 0.291. The van der Waals surface area contributed by atoms with Crippen LogP contribution in [0.2, 0.25) is 0 Å². The molecule has 118 valence electrons. The van der Waals surface area contributed by atoms with E-state index in [0.717, 1.165) is 35.1 Å². The Labute approximate surface area is 135 Å². The van der Waals surface area contributed by atoms with Crippen LogP contribution in [0.4, 0.5) is 0 Å². The number of hydrogen-bond donors (Lipinski definition) is 0. The molecule has 4 rings (SSSR count). The van der Waals surface area contributed by atoms with Gasteiger partial charge in [-0.25, -0.2) is 12.4 Å². The van der Waals surface area contributed by atoms with E-state index in [2.05, 4.69) is 0 Å². The fraction of sp³-hybridized carbons (Fsp3) is 0.222. The Kier molecular flexibility index (Phi) is 3.20. The SMILES string of the molecule is Cc1ccc(S(=O)(=O)n2ccc3c4c(ccc32)CCCO4)cc1. The standard InChI is InChI=1S/C18H17NO3S/c1-13-4-7-15(8-5-13)23(20,21)19-11-10-16-17(19)9-6-14-3-2-12-22-18(14)16/h4-11H,2-3,12H2,1H3. The van der Waals surface area contributed by atoms with E-state index < -0.39 is 10.0 Å². The molecule has 0 amide bonds. The quantitative estimate of drug-likeness (QED) is 0.723. The average molecular weight is 327 g/mol. The largest absolute Gasteiger partial charge is 0.493 e. The maximum absolute atomic E-state index is 12.9. The molecule has 23 heavy (non-hydrogen) atoms. The molecule has 0 aliphatic carbocycles. The molecule has 0 saturated carbocycles. The highest BCUT2D eigenvalue weighted by Gasteiger charge is 2.22. The van der Waals surface area contributed by atoms with Crippen molar-refractivity contribution in [2.45, 2.75) is 24.7 Å². The topological polar surface area (TPSA) is 48.3 Å². The molecule has 1 aromatic heterocycles. The first kappa shape index (κ1) is 14.3. The van der Waals surface area contributed by atoms with E-state index in [9.17, 15) is 8.42 Å². The Hall–Kier alpha value is -2.27. The normalized spacial score (nSPS) is 14.5. The second kappa shape index (κ2) is 5.13. The Morgan fingerprint density at radius 1 is 1.04 bits per heavy atom. The van der Waals surface area contributed by atoms with Gasteiger partial charge >= 0.3 is 0 Å². The second-order valence-electron chi connectivity index (χ2n) is 5.87. The van der Waals surface area contributed by atoms with E-state index in [1.807, 2.05) is 37.3 Å². The maximum Gasteiger partial charge on any atom is 0.268 e. The molecular formula is C18H17NO3S. The Morgan fingerprint density at radius 2 is 1.83 bits per heavy atom. The first-order valence-corrected chi connectivity index (χ1v) is 9.09. The lowest BCUT2D eigenvalue weighted by Gasteiger charge is -2.18. The molecular weight excluding hydrogens is 310 g/mol. The summed E-state index contributed by atoms with van der Waals surface area (Å²) in [7, 11) is -3.60. The Balaban J connectivity index is 1.91. The minimum Gasteiger partial charge on any atom is -0.493 e. The Morgan fingerprint density at radius 3 is 2.61 bits per heavy atom. The summed E-state index contributed by atoms with van der Waals surface area (Å²) in [6.07, 6.45) is 3.58. The molecule has 2 heterocycles. The van der Waals surface area contributed by atoms with Gasteiger partial charge in [0.25, 0.3) is 10.0 Å². The highest BCUT2D eigenvalue weighted by molar-refractivity contribution is 7.90. The molecule has 0 radical (unpaired) electrons. The highest BCUT2D eigenvalue weighted by atomic mass is 32.2. The summed E-state index contributed by atoms with van der Waals surface area (Å²) in [6.45, 7) is 2.62. The number of nitrogens with zero attached hydrogens (tertiary/aromatic N) is 1. The highest BCUT2D eigenvalue weighted by Crippen LogP contribution is 2.35. The van der Waals surface area contributed by atoms with Gasteiger partial charge in [-0.3, -0.25) is 0 Å². The number of ether oxygens (including phenoxy) is 1. The van der Waals surface area contributed by atoms with Gasteiger partial charge in [-0.2, -0.15) is 0 Å². The minimum atomic E-state index is -3.60. The van der Waals surface area contributed by atoms with Crippen molar-refractivity contribution in [3.63, 3.8) is 0 Å². The lowest BCUT2D eigenvalue weighted by Crippen LogP contribution is -2.12. The zero-order chi connectivity index (χ0) is 16.0. The van der Waals surface area contributed by atoms with Crippen LogP contribution in [0.25, 0.3) is 10.9 Å². The molecule has 0 saturated heterocycles. The second-order valence-corrected chi connectivity index (χ2v) is 7.68. The van der Waals surface area contributed by atoms with Crippen LogP contribution >= 0.6 is 0 Å². The van der Waals surface area contributed by atoms with E-state index in [-0.39, 0.29) is 0 Å². The predicted octanol–water partition coefficient (Wildman–Crippen LogP) is 3.51. The van der Waals surface area contributed by atoms with E-state index in [4.69, 9.17) is 4.74 Å². The van der Waals surface area contributed by atoms with Crippen LogP contribution in [-0.2, 0) is 16.4 Å². The van der Waals surface area contributed by atoms with Gasteiger partial charge in [0.05, 0.1) is 17.0 Å². The summed E-state index contributed by atoms with van der Waals surface area (Å²) in [6, 6.07) is 12.6. The van der Waals surface area contributed by atoms with Crippen LogP contribution < -0.4 is 4.74 Å². The first-order valence-electron chi connectivity index (χ1n) is 7.65. The van der Waals surface area contributed by atoms with Crippen molar-refractivity contribution in [1.29, 1.82) is 0 Å². The molecule has 1 aliphatic rings. The maximum atomic E-state index is 12.9. The van der Waals surface area contributed by atoms with Gasteiger partial charge in [-0.1, -0.05) is 23.8 Å². The van der Waals surface area contributed by atoms with Gasteiger partial charge in [-0.05, 0) is 49.6 Å². The number of benzene rings is 2. The molecule has 0 N–H and O–H groups in total. The lowest BCUT2D eigenvalue weighted by atomic mass is 10.0. The average Bonchev–Trinajstić information content (AvgIpc) is 3.00. The fourth-order valence-electron chi connectivity index (χ4n) is 3.05. The van der Waals surface area contributed by atoms with Crippen molar-refractivity contribution in [2.75, 3.05) is 6.61 Å². The van der Waals surface area contributed by atoms with Crippen LogP contribution in [0.1, 0.15) is 17.5 Å². The molecule has 3 aromatic rings. The molecule has 2 aromatic carbocycles. The zero-order valence-electron chi connectivity index (χ0n) is 12.8. The van der Waals surface area contributed by atoms with Gasteiger partial charge in [0, 0.05) is 11.6 Å². The summed E-state index contributed by atoms with van der Waals surface area (Å²) in [5, 5.41) is 0.859. The van der Waals surface area contributed by atoms with Gasteiger partial charge in [-0.15, -0.1) is 0 Å². The van der Waals surface area contributed by atoms with Crippen molar-refractivity contribution in [3.8, 4) is 5.75 Å². The van der Waals surface area contributed by atoms with E-state index >= 15 is 0 Å². The fourth-order valence-corrected chi connectivity index (χ4v) is 4.39. The summed E-state index contributed by atoms with van der Waals surface area (Å²) in [5.41, 5.74) is 2.84. The zero-order valence-corrected chi connectivity index (χ0v) is 13.6. The van der Waals surface area contributed by atoms with Gasteiger partial charge in [0.15, 0.2) is 0 Å². The molecule has 0 spiro atoms. The van der Waals surface area contributed by atoms with Crippen molar-refractivity contribution in [2.24, 2.45) is 0 Å². The van der Waals surface area contributed by atoms with Crippen LogP contribution in [-0.4, -0.2) is 19.0 Å². The number of hydrogen-bond acceptors (Lipinski definition) is 3. The van der Waals surface area contributed by atoms with Crippen molar-refractivity contribution < 1.29 is 13.2 Å².